The number of carbonyl (C=O) groups is 8. The van der Waals surface area contributed by atoms with Crippen molar-refractivity contribution in [3.63, 3.8) is 0 Å². The first-order valence-corrected chi connectivity index (χ1v) is 23.3. The summed E-state index contributed by atoms with van der Waals surface area (Å²) in [5, 5.41) is 36.6. The number of fused-ring (bicyclic) bond motifs is 1. The molecule has 0 bridgehead atoms. The van der Waals surface area contributed by atoms with E-state index in [2.05, 4.69) is 41.9 Å². The summed E-state index contributed by atoms with van der Waals surface area (Å²) >= 11 is 0. The van der Waals surface area contributed by atoms with Crippen LogP contribution in [0.5, 0.6) is 0 Å². The van der Waals surface area contributed by atoms with Gasteiger partial charge in [0, 0.05) is 42.9 Å². The van der Waals surface area contributed by atoms with E-state index < -0.39 is 108 Å². The van der Waals surface area contributed by atoms with Crippen LogP contribution in [0.3, 0.4) is 0 Å². The second-order valence-electron chi connectivity index (χ2n) is 17.4. The Kier molecular flexibility index (Phi) is 20.9. The van der Waals surface area contributed by atoms with Gasteiger partial charge in [-0.2, -0.15) is 0 Å². The maximum absolute atomic E-state index is 14.4. The number of H-pyrrole nitrogens is 1. The second-order valence-corrected chi connectivity index (χ2v) is 17.4. The molecule has 0 saturated carbocycles. The molecule has 0 saturated heterocycles. The highest BCUT2D eigenvalue weighted by molar-refractivity contribution is 5.98. The third-order valence-electron chi connectivity index (χ3n) is 12.2. The molecule has 0 unspecified atom stereocenters. The number of amides is 6. The molecule has 0 aliphatic heterocycles. The average molecular weight is 967 g/mol. The summed E-state index contributed by atoms with van der Waals surface area (Å²) in [6.07, 6.45) is 1.41. The minimum atomic E-state index is -1.79. The molecule has 4 aromatic rings. The van der Waals surface area contributed by atoms with Crippen molar-refractivity contribution in [2.45, 2.75) is 115 Å². The van der Waals surface area contributed by atoms with E-state index >= 15 is 0 Å². The van der Waals surface area contributed by atoms with Crippen LogP contribution >= 0.6 is 0 Å². The van der Waals surface area contributed by atoms with Crippen LogP contribution in [-0.4, -0.2) is 111 Å². The summed E-state index contributed by atoms with van der Waals surface area (Å²) in [7, 11) is 0. The number of aliphatic imine (C=N–C) groups is 1. The zero-order chi connectivity index (χ0) is 51.5. The van der Waals surface area contributed by atoms with E-state index in [9.17, 15) is 48.6 Å². The van der Waals surface area contributed by atoms with Gasteiger partial charge in [0.05, 0.1) is 6.42 Å². The molecule has 1 heterocycles. The van der Waals surface area contributed by atoms with E-state index in [0.717, 1.165) is 10.9 Å². The number of aliphatic carboxylic acids is 2. The van der Waals surface area contributed by atoms with Crippen molar-refractivity contribution >= 4 is 64.2 Å². The number of aromatic nitrogens is 1. The first-order chi connectivity index (χ1) is 33.3. The van der Waals surface area contributed by atoms with Crippen molar-refractivity contribution in [3.05, 3.63) is 108 Å². The normalized spacial score (nSPS) is 14.5. The van der Waals surface area contributed by atoms with E-state index in [1.807, 2.05) is 24.3 Å². The maximum atomic E-state index is 14.4. The second kappa shape index (κ2) is 26.7. The van der Waals surface area contributed by atoms with Crippen LogP contribution in [-0.2, 0) is 44.8 Å². The lowest BCUT2D eigenvalue weighted by molar-refractivity contribution is -0.142. The number of aromatic amines is 1. The quantitative estimate of drug-likeness (QED) is 0.0233. The Morgan fingerprint density at radius 1 is 0.614 bits per heavy atom. The fourth-order valence-corrected chi connectivity index (χ4v) is 7.99. The van der Waals surface area contributed by atoms with Gasteiger partial charge in [-0.1, -0.05) is 119 Å². The minimum Gasteiger partial charge on any atom is -0.481 e. The number of nitrogens with zero attached hydrogens (tertiary/aromatic N) is 1. The summed E-state index contributed by atoms with van der Waals surface area (Å²) in [5.74, 6) is -9.75. The highest BCUT2D eigenvalue weighted by Crippen LogP contribution is 2.29. The number of hydrogen-bond acceptors (Lipinski definition) is 9. The standard InChI is InChI=1S/C50H66N10O10/c1-6-28(3)41(46(66)58-38(49(69)70)25-33-27-54-35-22-15-14-21-34(33)35)60-47(67)42(29(4)7-2)59-45(65)37(26-39(62)63)57-44(64)36(23-16-24-53-50(51)52)56-48(68)43(55-30(5)61)40(31-17-10-8-11-18-31)32-19-12-9-13-20-32/h8-15,17-22,27-29,36-38,40-43,54H,6-7,16,23-26H2,1-5H3,(H,55,61)(H,56,68)(H,57,64)(H,58,66)(H,59,65)(H,60,67)(H,62,63)(H,69,70)(H4,51,52,53)/t28-,29-,36-,37-,38-,41-,42-,43+/m0/s1. The van der Waals surface area contributed by atoms with Crippen LogP contribution in [0, 0.1) is 11.8 Å². The number of para-hydroxylation sites is 1. The van der Waals surface area contributed by atoms with Gasteiger partial charge in [0.25, 0.3) is 0 Å². The molecule has 0 aliphatic carbocycles. The average Bonchev–Trinajstić information content (AvgIpc) is 3.74. The van der Waals surface area contributed by atoms with Gasteiger partial charge in [-0.25, -0.2) is 4.79 Å². The first kappa shape index (κ1) is 54.8. The number of carboxylic acid groups (broad SMARTS) is 2. The number of guanidine groups is 1. The van der Waals surface area contributed by atoms with Crippen molar-refractivity contribution in [1.82, 2.24) is 36.9 Å². The van der Waals surface area contributed by atoms with Gasteiger partial charge < -0.3 is 58.6 Å². The molecule has 13 N–H and O–H groups in total. The van der Waals surface area contributed by atoms with E-state index in [0.29, 0.717) is 29.5 Å². The van der Waals surface area contributed by atoms with E-state index in [1.54, 1.807) is 94.6 Å². The van der Waals surface area contributed by atoms with Crippen LogP contribution < -0.4 is 43.4 Å². The molecule has 3 aromatic carbocycles. The Morgan fingerprint density at radius 3 is 1.63 bits per heavy atom. The number of nitrogens with two attached hydrogens (primary N) is 2. The molecule has 0 radical (unpaired) electrons. The number of carboxylic acids is 2. The van der Waals surface area contributed by atoms with Gasteiger partial charge in [-0.05, 0) is 47.4 Å². The van der Waals surface area contributed by atoms with Gasteiger partial charge >= 0.3 is 11.9 Å². The Labute approximate surface area is 406 Å². The zero-order valence-electron chi connectivity index (χ0n) is 40.1. The van der Waals surface area contributed by atoms with Gasteiger partial charge in [0.15, 0.2) is 5.96 Å². The molecule has 1 aromatic heterocycles. The first-order valence-electron chi connectivity index (χ1n) is 23.3. The van der Waals surface area contributed by atoms with Crippen LogP contribution in [0.15, 0.2) is 96.1 Å². The molecule has 376 valence electrons. The smallest absolute Gasteiger partial charge is 0.326 e. The Balaban J connectivity index is 1.59. The molecule has 20 nitrogen and oxygen atoms in total. The lowest BCUT2D eigenvalue weighted by Gasteiger charge is -2.31. The van der Waals surface area contributed by atoms with Crippen molar-refractivity contribution in [3.8, 4) is 0 Å². The summed E-state index contributed by atoms with van der Waals surface area (Å²) in [4.78, 5) is 115. The molecule has 8 atom stereocenters. The molecule has 0 aliphatic rings. The molecular formula is C50H66N10O10. The van der Waals surface area contributed by atoms with E-state index in [-0.39, 0.29) is 31.8 Å². The van der Waals surface area contributed by atoms with Crippen LogP contribution in [0.4, 0.5) is 0 Å². The van der Waals surface area contributed by atoms with E-state index in [4.69, 9.17) is 11.5 Å². The molecule has 20 heteroatoms. The molecule has 6 amide bonds. The predicted molar refractivity (Wildman–Crippen MR) is 263 cm³/mol. The maximum Gasteiger partial charge on any atom is 0.326 e. The Hall–Kier alpha value is -7.77. The van der Waals surface area contributed by atoms with Crippen molar-refractivity contribution in [2.75, 3.05) is 6.54 Å². The minimum absolute atomic E-state index is 0.0369. The highest BCUT2D eigenvalue weighted by atomic mass is 16.4. The molecule has 70 heavy (non-hydrogen) atoms. The largest absolute Gasteiger partial charge is 0.481 e. The van der Waals surface area contributed by atoms with Gasteiger partial charge in [-0.3, -0.25) is 38.6 Å². The summed E-state index contributed by atoms with van der Waals surface area (Å²) < 4.78 is 0. The molecule has 0 spiro atoms. The number of benzene rings is 3. The lowest BCUT2D eigenvalue weighted by atomic mass is 9.84. The SMILES string of the molecule is CC[C@H](C)[C@H](NC(=O)[C@H](CC(=O)O)NC(=O)[C@H](CCCN=C(N)N)NC(=O)[C@H](NC(C)=O)C(c1ccccc1)c1ccccc1)C(=O)N[C@H](C(=O)N[C@@H](Cc1c[nH]c2ccccc12)C(=O)O)[C@@H](C)CC. The third kappa shape index (κ3) is 15.9. The van der Waals surface area contributed by atoms with Crippen molar-refractivity contribution in [2.24, 2.45) is 28.3 Å². The summed E-state index contributed by atoms with van der Waals surface area (Å²) in [6.45, 7) is 8.17. The zero-order valence-corrected chi connectivity index (χ0v) is 40.1. The fourth-order valence-electron chi connectivity index (χ4n) is 7.99. The van der Waals surface area contributed by atoms with Gasteiger partial charge in [0.2, 0.25) is 35.4 Å². The topological polar surface area (TPSA) is 329 Å². The number of nitrogens with one attached hydrogen (secondary N) is 7. The summed E-state index contributed by atoms with van der Waals surface area (Å²) in [6, 6.07) is 16.7. The Bertz CT molecular complexity index is 2420. The monoisotopic (exact) mass is 966 g/mol. The van der Waals surface area contributed by atoms with E-state index in [1.165, 1.54) is 6.92 Å². The lowest BCUT2D eigenvalue weighted by Crippen LogP contribution is -2.61. The number of hydrogen-bond donors (Lipinski definition) is 11. The van der Waals surface area contributed by atoms with Crippen molar-refractivity contribution < 1.29 is 48.6 Å². The number of rotatable bonds is 27. The molecule has 0 fully saturated rings. The van der Waals surface area contributed by atoms with Gasteiger partial charge in [0.1, 0.15) is 36.3 Å². The Morgan fingerprint density at radius 2 is 1.10 bits per heavy atom. The van der Waals surface area contributed by atoms with Crippen LogP contribution in [0.25, 0.3) is 10.9 Å². The third-order valence-corrected chi connectivity index (χ3v) is 12.2. The predicted octanol–water partition coefficient (Wildman–Crippen LogP) is 2.18. The highest BCUT2D eigenvalue weighted by Gasteiger charge is 2.38. The van der Waals surface area contributed by atoms with Crippen LogP contribution in [0.1, 0.15) is 89.3 Å². The molecule has 4 rings (SSSR count). The molecular weight excluding hydrogens is 901 g/mol. The van der Waals surface area contributed by atoms with Crippen LogP contribution in [0.2, 0.25) is 0 Å². The fraction of sp³-hybridized carbons (Fsp3) is 0.420. The van der Waals surface area contributed by atoms with Crippen molar-refractivity contribution in [1.29, 1.82) is 0 Å². The summed E-state index contributed by atoms with van der Waals surface area (Å²) in [5.41, 5.74) is 13.8. The van der Waals surface area contributed by atoms with Gasteiger partial charge in [-0.15, -0.1) is 0 Å². The number of carbonyl (C=O) groups excluding carboxylic acids is 6.